The molecule has 0 aliphatic carbocycles. The van der Waals surface area contributed by atoms with Crippen molar-refractivity contribution in [3.8, 4) is 0 Å². The molecular formula is C14H22N4O5. The van der Waals surface area contributed by atoms with Crippen molar-refractivity contribution < 1.29 is 24.0 Å². The second-order valence-electron chi connectivity index (χ2n) is 5.02. The Morgan fingerprint density at radius 2 is 2.04 bits per heavy atom. The number of nitrogens with zero attached hydrogens (tertiary/aromatic N) is 4. The predicted octanol–water partition coefficient (Wildman–Crippen LogP) is 0.302. The zero-order chi connectivity index (χ0) is 17.4. The first-order valence-electron chi connectivity index (χ1n) is 7.45. The van der Waals surface area contributed by atoms with E-state index in [0.29, 0.717) is 24.7 Å². The van der Waals surface area contributed by atoms with Crippen LogP contribution in [-0.4, -0.2) is 62.5 Å². The van der Waals surface area contributed by atoms with E-state index in [1.165, 1.54) is 4.90 Å². The predicted molar refractivity (Wildman–Crippen MR) is 79.3 cm³/mol. The Labute approximate surface area is 134 Å². The molecule has 0 aromatic carbocycles. The lowest BCUT2D eigenvalue weighted by molar-refractivity contribution is -0.156. The smallest absolute Gasteiger partial charge is 0.290 e. The topological polar surface area (TPSA) is 117 Å². The van der Waals surface area contributed by atoms with Crippen molar-refractivity contribution in [1.29, 1.82) is 0 Å². The first-order valence-corrected chi connectivity index (χ1v) is 7.45. The fourth-order valence-corrected chi connectivity index (χ4v) is 2.27. The normalized spacial score (nSPS) is 17.8. The van der Waals surface area contributed by atoms with Gasteiger partial charge in [-0.2, -0.15) is 4.98 Å². The van der Waals surface area contributed by atoms with Gasteiger partial charge < -0.3 is 19.4 Å². The van der Waals surface area contributed by atoms with E-state index in [2.05, 4.69) is 10.1 Å². The summed E-state index contributed by atoms with van der Waals surface area (Å²) < 4.78 is 5.08. The Kier molecular flexibility index (Phi) is 7.17. The molecule has 1 N–H and O–H groups in total. The number of rotatable bonds is 5. The molecule has 1 aliphatic heterocycles. The molecule has 9 heteroatoms. The molecule has 128 valence electrons. The highest BCUT2D eigenvalue weighted by atomic mass is 16.5. The lowest BCUT2D eigenvalue weighted by atomic mass is 10.1. The molecule has 1 aromatic heterocycles. The van der Waals surface area contributed by atoms with Crippen molar-refractivity contribution in [2.75, 3.05) is 13.1 Å². The summed E-state index contributed by atoms with van der Waals surface area (Å²) in [5, 5.41) is 10.7. The van der Waals surface area contributed by atoms with Gasteiger partial charge in [-0.05, 0) is 13.3 Å². The summed E-state index contributed by atoms with van der Waals surface area (Å²) in [6, 6.07) is -0.486. The van der Waals surface area contributed by atoms with Crippen molar-refractivity contribution in [2.45, 2.75) is 46.2 Å². The van der Waals surface area contributed by atoms with E-state index in [0.717, 1.165) is 6.42 Å². The van der Waals surface area contributed by atoms with Gasteiger partial charge in [-0.1, -0.05) is 19.0 Å². The minimum absolute atomic E-state index is 0.0262. The van der Waals surface area contributed by atoms with Gasteiger partial charge in [-0.3, -0.25) is 14.4 Å². The summed E-state index contributed by atoms with van der Waals surface area (Å²) in [6.07, 6.45) is 1.52. The van der Waals surface area contributed by atoms with Gasteiger partial charge in [0.05, 0.1) is 6.54 Å². The molecule has 23 heavy (non-hydrogen) atoms. The van der Waals surface area contributed by atoms with Crippen LogP contribution in [0.15, 0.2) is 4.52 Å². The minimum Gasteiger partial charge on any atom is -0.483 e. The maximum atomic E-state index is 12.2. The van der Waals surface area contributed by atoms with Crippen LogP contribution in [0.3, 0.4) is 0 Å². The van der Waals surface area contributed by atoms with Gasteiger partial charge in [-0.25, -0.2) is 0 Å². The van der Waals surface area contributed by atoms with E-state index < -0.39 is 6.04 Å². The first-order chi connectivity index (χ1) is 11.0. The van der Waals surface area contributed by atoms with Crippen LogP contribution in [0.1, 0.15) is 38.9 Å². The SMILES string of the molecule is CCCN1CC(=O)N(Cc2nc(CC)no2)[C@@H](C)C1=O.O=CO. The molecule has 0 radical (unpaired) electrons. The second-order valence-corrected chi connectivity index (χ2v) is 5.02. The van der Waals surface area contributed by atoms with E-state index in [4.69, 9.17) is 14.4 Å². The third kappa shape index (κ3) is 4.76. The van der Waals surface area contributed by atoms with Crippen LogP contribution >= 0.6 is 0 Å². The number of carbonyl (C=O) groups excluding carboxylic acids is 2. The third-order valence-electron chi connectivity index (χ3n) is 3.41. The number of amides is 2. The van der Waals surface area contributed by atoms with E-state index in [1.54, 1.807) is 11.8 Å². The maximum absolute atomic E-state index is 12.2. The summed E-state index contributed by atoms with van der Waals surface area (Å²) in [6.45, 7) is 6.34. The number of aromatic nitrogens is 2. The highest BCUT2D eigenvalue weighted by Gasteiger charge is 2.36. The number of hydrogen-bond donors (Lipinski definition) is 1. The van der Waals surface area contributed by atoms with Gasteiger partial charge in [0.25, 0.3) is 6.47 Å². The largest absolute Gasteiger partial charge is 0.483 e. The standard InChI is InChI=1S/C13H20N4O3.CH2O2/c1-4-6-16-8-12(18)17(9(3)13(16)19)7-11-14-10(5-2)15-20-11;2-1-3/h9H,4-8H2,1-3H3;1H,(H,2,3)/t9-;/m0./s1. The average molecular weight is 326 g/mol. The molecule has 0 unspecified atom stereocenters. The number of hydrogen-bond acceptors (Lipinski definition) is 6. The van der Waals surface area contributed by atoms with Gasteiger partial charge in [0.2, 0.25) is 17.7 Å². The molecule has 2 heterocycles. The van der Waals surface area contributed by atoms with Crippen molar-refractivity contribution in [1.82, 2.24) is 19.9 Å². The number of aryl methyl sites for hydroxylation is 1. The lowest BCUT2D eigenvalue weighted by Gasteiger charge is -2.37. The summed E-state index contributed by atoms with van der Waals surface area (Å²) in [5.74, 6) is 0.873. The third-order valence-corrected chi connectivity index (χ3v) is 3.41. The Morgan fingerprint density at radius 3 is 2.57 bits per heavy atom. The van der Waals surface area contributed by atoms with Crippen LogP contribution in [0.4, 0.5) is 0 Å². The van der Waals surface area contributed by atoms with Crippen LogP contribution in [-0.2, 0) is 27.3 Å². The van der Waals surface area contributed by atoms with E-state index in [9.17, 15) is 9.59 Å². The van der Waals surface area contributed by atoms with E-state index in [-0.39, 0.29) is 31.4 Å². The Bertz CT molecular complexity index is 545. The van der Waals surface area contributed by atoms with Gasteiger partial charge >= 0.3 is 0 Å². The molecule has 2 amide bonds. The molecule has 2 rings (SSSR count). The van der Waals surface area contributed by atoms with Gasteiger partial charge in [0.1, 0.15) is 12.6 Å². The van der Waals surface area contributed by atoms with E-state index in [1.807, 2.05) is 13.8 Å². The molecule has 1 fully saturated rings. The molecule has 0 spiro atoms. The molecule has 9 nitrogen and oxygen atoms in total. The van der Waals surface area contributed by atoms with Crippen LogP contribution in [0.5, 0.6) is 0 Å². The van der Waals surface area contributed by atoms with Crippen LogP contribution in [0, 0.1) is 0 Å². The monoisotopic (exact) mass is 326 g/mol. The molecular weight excluding hydrogens is 304 g/mol. The molecule has 1 saturated heterocycles. The molecule has 0 bridgehead atoms. The van der Waals surface area contributed by atoms with Gasteiger partial charge in [-0.15, -0.1) is 0 Å². The molecule has 0 saturated carbocycles. The highest BCUT2D eigenvalue weighted by molar-refractivity contribution is 5.94. The quantitative estimate of drug-likeness (QED) is 0.773. The van der Waals surface area contributed by atoms with Crippen molar-refractivity contribution in [3.05, 3.63) is 11.7 Å². The lowest BCUT2D eigenvalue weighted by Crippen LogP contribution is -2.58. The summed E-state index contributed by atoms with van der Waals surface area (Å²) in [7, 11) is 0. The van der Waals surface area contributed by atoms with Gasteiger partial charge in [0, 0.05) is 13.0 Å². The molecule has 1 aromatic rings. The highest BCUT2D eigenvalue weighted by Crippen LogP contribution is 2.16. The zero-order valence-corrected chi connectivity index (χ0v) is 13.6. The Hall–Kier alpha value is -2.45. The average Bonchev–Trinajstić information content (AvgIpc) is 2.98. The fourth-order valence-electron chi connectivity index (χ4n) is 2.27. The maximum Gasteiger partial charge on any atom is 0.290 e. The van der Waals surface area contributed by atoms with Crippen molar-refractivity contribution in [3.63, 3.8) is 0 Å². The van der Waals surface area contributed by atoms with Gasteiger partial charge in [0.15, 0.2) is 5.82 Å². The number of carbonyl (C=O) groups is 3. The molecule has 1 atom stereocenters. The summed E-state index contributed by atoms with van der Waals surface area (Å²) >= 11 is 0. The van der Waals surface area contributed by atoms with Crippen LogP contribution in [0.25, 0.3) is 0 Å². The summed E-state index contributed by atoms with van der Waals surface area (Å²) in [4.78, 5) is 40.0. The Balaban J connectivity index is 0.000000816. The Morgan fingerprint density at radius 1 is 1.39 bits per heavy atom. The van der Waals surface area contributed by atoms with Crippen LogP contribution < -0.4 is 0 Å². The van der Waals surface area contributed by atoms with Crippen molar-refractivity contribution in [2.24, 2.45) is 0 Å². The number of carboxylic acid groups (broad SMARTS) is 1. The fraction of sp³-hybridized carbons (Fsp3) is 0.643. The van der Waals surface area contributed by atoms with E-state index >= 15 is 0 Å². The van der Waals surface area contributed by atoms with Crippen LogP contribution in [0.2, 0.25) is 0 Å². The molecule has 1 aliphatic rings. The summed E-state index contributed by atoms with van der Waals surface area (Å²) in [5.41, 5.74) is 0. The first kappa shape index (κ1) is 18.6. The number of piperazine rings is 1. The second kappa shape index (κ2) is 8.86. The van der Waals surface area contributed by atoms with Crippen molar-refractivity contribution >= 4 is 18.3 Å². The zero-order valence-electron chi connectivity index (χ0n) is 13.6. The minimum atomic E-state index is -0.486.